The minimum absolute atomic E-state index is 0.0834. The van der Waals surface area contributed by atoms with Crippen LogP contribution >= 0.6 is 0 Å². The molecule has 0 radical (unpaired) electrons. The summed E-state index contributed by atoms with van der Waals surface area (Å²) in [5, 5.41) is 2.78. The van der Waals surface area contributed by atoms with Gasteiger partial charge in [0.05, 0.1) is 5.75 Å². The second kappa shape index (κ2) is 8.53. The monoisotopic (exact) mass is 432 g/mol. The number of rotatable bonds is 7. The van der Waals surface area contributed by atoms with Crippen molar-refractivity contribution in [1.29, 1.82) is 0 Å². The molecule has 2 heterocycles. The summed E-state index contributed by atoms with van der Waals surface area (Å²) in [6.07, 6.45) is 1.04. The van der Waals surface area contributed by atoms with E-state index in [9.17, 15) is 13.2 Å². The first-order valence-corrected chi connectivity index (χ1v) is 11.5. The summed E-state index contributed by atoms with van der Waals surface area (Å²) in [5.74, 6) is 1.28. The topological polar surface area (TPSA) is 94.2 Å². The van der Waals surface area contributed by atoms with Crippen molar-refractivity contribution < 1.29 is 27.4 Å². The van der Waals surface area contributed by atoms with E-state index in [-0.39, 0.29) is 18.5 Å². The molecule has 2 aromatic rings. The molecule has 8 nitrogen and oxygen atoms in total. The first-order valence-electron chi connectivity index (χ1n) is 9.85. The molecule has 30 heavy (non-hydrogen) atoms. The van der Waals surface area contributed by atoms with Crippen molar-refractivity contribution in [3.8, 4) is 17.2 Å². The van der Waals surface area contributed by atoms with Gasteiger partial charge in [0.25, 0.3) is 5.91 Å². The Labute approximate surface area is 175 Å². The van der Waals surface area contributed by atoms with E-state index in [2.05, 4.69) is 5.32 Å². The fourth-order valence-electron chi connectivity index (χ4n) is 3.46. The molecule has 1 fully saturated rings. The van der Waals surface area contributed by atoms with Gasteiger partial charge in [-0.15, -0.1) is 0 Å². The number of benzene rings is 2. The van der Waals surface area contributed by atoms with Gasteiger partial charge in [-0.2, -0.15) is 0 Å². The van der Waals surface area contributed by atoms with Crippen LogP contribution in [0.4, 0.5) is 5.69 Å². The van der Waals surface area contributed by atoms with Crippen LogP contribution < -0.4 is 19.5 Å². The van der Waals surface area contributed by atoms with Crippen LogP contribution in [0.25, 0.3) is 0 Å². The Bertz CT molecular complexity index is 1030. The number of hydrogen-bond acceptors (Lipinski definition) is 6. The van der Waals surface area contributed by atoms with Crippen molar-refractivity contribution in [2.75, 3.05) is 25.2 Å². The van der Waals surface area contributed by atoms with Crippen LogP contribution in [0.3, 0.4) is 0 Å². The molecule has 1 amide bonds. The van der Waals surface area contributed by atoms with Crippen LogP contribution in [0.15, 0.2) is 42.5 Å². The van der Waals surface area contributed by atoms with Crippen molar-refractivity contribution in [2.24, 2.45) is 0 Å². The first kappa shape index (κ1) is 20.5. The number of nitrogens with one attached hydrogen (secondary N) is 1. The zero-order valence-corrected chi connectivity index (χ0v) is 17.5. The van der Waals surface area contributed by atoms with Crippen LogP contribution in [-0.2, 0) is 20.6 Å². The minimum Gasteiger partial charge on any atom is -0.481 e. The van der Waals surface area contributed by atoms with Crippen LogP contribution in [-0.4, -0.2) is 44.6 Å². The van der Waals surface area contributed by atoms with Crippen molar-refractivity contribution in [2.45, 2.75) is 31.6 Å². The van der Waals surface area contributed by atoms with Gasteiger partial charge in [-0.3, -0.25) is 4.79 Å². The van der Waals surface area contributed by atoms with E-state index in [4.69, 9.17) is 14.2 Å². The third kappa shape index (κ3) is 4.68. The number of sulfonamides is 1. The van der Waals surface area contributed by atoms with E-state index in [1.165, 1.54) is 4.31 Å². The Kier molecular flexibility index (Phi) is 5.83. The van der Waals surface area contributed by atoms with Gasteiger partial charge in [0.2, 0.25) is 16.8 Å². The van der Waals surface area contributed by atoms with Gasteiger partial charge in [-0.1, -0.05) is 12.1 Å². The molecule has 0 spiro atoms. The lowest BCUT2D eigenvalue weighted by atomic mass is 10.2. The summed E-state index contributed by atoms with van der Waals surface area (Å²) >= 11 is 0. The number of hydrogen-bond donors (Lipinski definition) is 1. The molecule has 0 aliphatic carbocycles. The molecule has 4 rings (SSSR count). The maximum atomic E-state index is 12.5. The summed E-state index contributed by atoms with van der Waals surface area (Å²) in [5.41, 5.74) is 1.15. The summed E-state index contributed by atoms with van der Waals surface area (Å²) in [6, 6.07) is 12.0. The standard InChI is InChI=1S/C21H24N2O6S/c1-15(29-18-7-8-19-20(12-18)28-14-27-19)21(24)22-17-6-4-5-16(11-17)13-30(25,26)23-9-2-3-10-23/h4-8,11-12,15H,2-3,9-10,13-14H2,1H3,(H,22,24)/t15-/m1/s1. The van der Waals surface area contributed by atoms with E-state index in [1.54, 1.807) is 49.4 Å². The largest absolute Gasteiger partial charge is 0.481 e. The Morgan fingerprint density at radius 1 is 1.13 bits per heavy atom. The van der Waals surface area contributed by atoms with Gasteiger partial charge in [-0.25, -0.2) is 12.7 Å². The van der Waals surface area contributed by atoms with E-state index >= 15 is 0 Å². The predicted molar refractivity (Wildman–Crippen MR) is 111 cm³/mol. The fourth-order valence-corrected chi connectivity index (χ4v) is 5.06. The van der Waals surface area contributed by atoms with Gasteiger partial charge < -0.3 is 19.5 Å². The lowest BCUT2D eigenvalue weighted by Crippen LogP contribution is -2.30. The second-order valence-corrected chi connectivity index (χ2v) is 9.30. The molecule has 1 saturated heterocycles. The molecule has 0 unspecified atom stereocenters. The molecule has 1 atom stereocenters. The summed E-state index contributed by atoms with van der Waals surface area (Å²) in [7, 11) is -3.35. The Hall–Kier alpha value is -2.78. The SMILES string of the molecule is C[C@@H](Oc1ccc2c(c1)OCO2)C(=O)Nc1cccc(CS(=O)(=O)N2CCCC2)c1. The minimum atomic E-state index is -3.35. The van der Waals surface area contributed by atoms with E-state index in [0.29, 0.717) is 41.6 Å². The highest BCUT2D eigenvalue weighted by Crippen LogP contribution is 2.35. The molecule has 0 bridgehead atoms. The Morgan fingerprint density at radius 2 is 1.90 bits per heavy atom. The Morgan fingerprint density at radius 3 is 2.70 bits per heavy atom. The first-order chi connectivity index (χ1) is 14.4. The average Bonchev–Trinajstić information content (AvgIpc) is 3.40. The smallest absolute Gasteiger partial charge is 0.265 e. The van der Waals surface area contributed by atoms with Crippen LogP contribution in [0.2, 0.25) is 0 Å². The lowest BCUT2D eigenvalue weighted by molar-refractivity contribution is -0.122. The molecule has 1 N–H and O–H groups in total. The number of ether oxygens (including phenoxy) is 3. The van der Waals surface area contributed by atoms with E-state index in [0.717, 1.165) is 12.8 Å². The summed E-state index contributed by atoms with van der Waals surface area (Å²) in [6.45, 7) is 2.96. The summed E-state index contributed by atoms with van der Waals surface area (Å²) < 4.78 is 42.9. The second-order valence-electron chi connectivity index (χ2n) is 7.33. The molecule has 0 saturated carbocycles. The number of nitrogens with zero attached hydrogens (tertiary/aromatic N) is 1. The van der Waals surface area contributed by atoms with Gasteiger partial charge >= 0.3 is 0 Å². The van der Waals surface area contributed by atoms with Gasteiger partial charge in [0.15, 0.2) is 17.6 Å². The normalized spacial score (nSPS) is 17.0. The van der Waals surface area contributed by atoms with Gasteiger partial charge in [0, 0.05) is 24.8 Å². The molecule has 160 valence electrons. The molecule has 2 aliphatic rings. The average molecular weight is 432 g/mol. The zero-order chi connectivity index (χ0) is 21.1. The molecule has 0 aromatic heterocycles. The number of carbonyl (C=O) groups excluding carboxylic acids is 1. The van der Waals surface area contributed by atoms with Crippen LogP contribution in [0, 0.1) is 0 Å². The maximum Gasteiger partial charge on any atom is 0.265 e. The van der Waals surface area contributed by atoms with E-state index in [1.807, 2.05) is 0 Å². The van der Waals surface area contributed by atoms with Crippen molar-refractivity contribution in [3.63, 3.8) is 0 Å². The maximum absolute atomic E-state index is 12.5. The number of carbonyl (C=O) groups is 1. The Balaban J connectivity index is 1.37. The third-order valence-corrected chi connectivity index (χ3v) is 6.88. The number of fused-ring (bicyclic) bond motifs is 1. The molecule has 2 aromatic carbocycles. The zero-order valence-electron chi connectivity index (χ0n) is 16.7. The number of anilines is 1. The van der Waals surface area contributed by atoms with Gasteiger partial charge in [-0.05, 0) is 49.6 Å². The van der Waals surface area contributed by atoms with Crippen molar-refractivity contribution in [3.05, 3.63) is 48.0 Å². The van der Waals surface area contributed by atoms with Gasteiger partial charge in [0.1, 0.15) is 5.75 Å². The quantitative estimate of drug-likeness (QED) is 0.723. The molecular formula is C21H24N2O6S. The molecular weight excluding hydrogens is 408 g/mol. The highest BCUT2D eigenvalue weighted by molar-refractivity contribution is 7.88. The summed E-state index contributed by atoms with van der Waals surface area (Å²) in [4.78, 5) is 12.5. The van der Waals surface area contributed by atoms with Crippen molar-refractivity contribution >= 4 is 21.6 Å². The van der Waals surface area contributed by atoms with Crippen LogP contribution in [0.5, 0.6) is 17.2 Å². The molecule has 9 heteroatoms. The van der Waals surface area contributed by atoms with Crippen molar-refractivity contribution in [1.82, 2.24) is 4.31 Å². The fraction of sp³-hybridized carbons (Fsp3) is 0.381. The van der Waals surface area contributed by atoms with E-state index < -0.39 is 16.1 Å². The highest BCUT2D eigenvalue weighted by atomic mass is 32.2. The third-order valence-electron chi connectivity index (χ3n) is 5.03. The molecule has 2 aliphatic heterocycles. The lowest BCUT2D eigenvalue weighted by Gasteiger charge is -2.17. The highest BCUT2D eigenvalue weighted by Gasteiger charge is 2.25. The predicted octanol–water partition coefficient (Wildman–Crippen LogP) is 2.75. The number of amides is 1. The van der Waals surface area contributed by atoms with Crippen LogP contribution in [0.1, 0.15) is 25.3 Å².